The Morgan fingerprint density at radius 3 is 2.27 bits per heavy atom. The van der Waals surface area contributed by atoms with Crippen LogP contribution in [0.1, 0.15) is 42.4 Å². The molecule has 1 aromatic carbocycles. The van der Waals surface area contributed by atoms with Crippen LogP contribution in [0.25, 0.3) is 0 Å². The van der Waals surface area contributed by atoms with E-state index in [1.807, 2.05) is 20.8 Å². The van der Waals surface area contributed by atoms with Crippen molar-refractivity contribution in [3.63, 3.8) is 0 Å². The summed E-state index contributed by atoms with van der Waals surface area (Å²) >= 11 is 5.48. The van der Waals surface area contributed by atoms with Gasteiger partial charge in [0.1, 0.15) is 11.6 Å². The third-order valence-corrected chi connectivity index (χ3v) is 5.12. The van der Waals surface area contributed by atoms with Gasteiger partial charge in [-0.25, -0.2) is 0 Å². The van der Waals surface area contributed by atoms with Crippen molar-refractivity contribution in [3.8, 4) is 5.75 Å². The third kappa shape index (κ3) is 6.20. The summed E-state index contributed by atoms with van der Waals surface area (Å²) < 4.78 is 5.75. The zero-order valence-corrected chi connectivity index (χ0v) is 16.6. The molecular weight excluding hydrogens is 352 g/mol. The number of aryl methyl sites for hydroxylation is 3. The topological polar surface area (TPSA) is 67.4 Å². The minimum atomic E-state index is -0.124. The molecule has 2 rings (SSSR count). The van der Waals surface area contributed by atoms with Gasteiger partial charge in [-0.05, 0) is 63.5 Å². The fourth-order valence-corrected chi connectivity index (χ4v) is 3.71. The second-order valence-electron chi connectivity index (χ2n) is 7.24. The van der Waals surface area contributed by atoms with Crippen LogP contribution in [-0.2, 0) is 9.59 Å². The summed E-state index contributed by atoms with van der Waals surface area (Å²) in [6.07, 6.45) is 3.83. The Bertz CT molecular complexity index is 617. The van der Waals surface area contributed by atoms with Gasteiger partial charge in [-0.1, -0.05) is 17.7 Å². The molecule has 0 radical (unpaired) electrons. The average Bonchev–Trinajstić information content (AvgIpc) is 2.59. The van der Waals surface area contributed by atoms with Crippen molar-refractivity contribution in [2.24, 2.45) is 5.92 Å². The number of hydrogen-bond donors (Lipinski definition) is 2. The van der Waals surface area contributed by atoms with Crippen LogP contribution >= 0.6 is 11.6 Å². The number of halogens is 1. The fraction of sp³-hybridized carbons (Fsp3) is 0.600. The normalized spacial score (nSPS) is 19.7. The first kappa shape index (κ1) is 20.6. The SMILES string of the molecule is Cc1cc(C)c(OCC(=O)NC2CCC(CNC(=O)CCl)CC2)c(C)c1. The molecule has 144 valence electrons. The zero-order valence-electron chi connectivity index (χ0n) is 15.9. The van der Waals surface area contributed by atoms with Crippen molar-refractivity contribution in [2.45, 2.75) is 52.5 Å². The summed E-state index contributed by atoms with van der Waals surface area (Å²) in [5, 5.41) is 5.90. The van der Waals surface area contributed by atoms with Gasteiger partial charge >= 0.3 is 0 Å². The van der Waals surface area contributed by atoms with Gasteiger partial charge in [0.2, 0.25) is 5.91 Å². The van der Waals surface area contributed by atoms with Crippen molar-refractivity contribution >= 4 is 23.4 Å². The molecule has 26 heavy (non-hydrogen) atoms. The van der Waals surface area contributed by atoms with Gasteiger partial charge in [-0.3, -0.25) is 9.59 Å². The van der Waals surface area contributed by atoms with E-state index in [1.54, 1.807) is 0 Å². The number of carbonyl (C=O) groups is 2. The molecule has 2 N–H and O–H groups in total. The van der Waals surface area contributed by atoms with Crippen molar-refractivity contribution in [2.75, 3.05) is 19.0 Å². The molecule has 6 heteroatoms. The predicted octanol–water partition coefficient (Wildman–Crippen LogP) is 3.02. The lowest BCUT2D eigenvalue weighted by atomic mass is 9.86. The molecule has 2 amide bonds. The molecule has 5 nitrogen and oxygen atoms in total. The Hall–Kier alpha value is -1.75. The largest absolute Gasteiger partial charge is 0.483 e. The number of hydrogen-bond acceptors (Lipinski definition) is 3. The Morgan fingerprint density at radius 1 is 1.08 bits per heavy atom. The zero-order chi connectivity index (χ0) is 19.1. The van der Waals surface area contributed by atoms with Crippen LogP contribution in [0.2, 0.25) is 0 Å². The van der Waals surface area contributed by atoms with Crippen molar-refractivity contribution in [1.29, 1.82) is 0 Å². The lowest BCUT2D eigenvalue weighted by molar-refractivity contribution is -0.124. The number of carbonyl (C=O) groups excluding carboxylic acids is 2. The summed E-state index contributed by atoms with van der Waals surface area (Å²) in [5.41, 5.74) is 3.29. The Labute approximate surface area is 160 Å². The van der Waals surface area contributed by atoms with Gasteiger partial charge in [-0.15, -0.1) is 11.6 Å². The van der Waals surface area contributed by atoms with E-state index in [0.717, 1.165) is 42.6 Å². The maximum atomic E-state index is 12.2. The number of alkyl halides is 1. The minimum absolute atomic E-state index is 0.00529. The van der Waals surface area contributed by atoms with Gasteiger partial charge in [0, 0.05) is 12.6 Å². The lowest BCUT2D eigenvalue weighted by Crippen LogP contribution is -2.41. The van der Waals surface area contributed by atoms with Gasteiger partial charge in [0.15, 0.2) is 6.61 Å². The summed E-state index contributed by atoms with van der Waals surface area (Å²) in [7, 11) is 0. The molecule has 1 fully saturated rings. The summed E-state index contributed by atoms with van der Waals surface area (Å²) in [6.45, 7) is 6.75. The van der Waals surface area contributed by atoms with Gasteiger partial charge < -0.3 is 15.4 Å². The van der Waals surface area contributed by atoms with Crippen LogP contribution < -0.4 is 15.4 Å². The Morgan fingerprint density at radius 2 is 1.69 bits per heavy atom. The predicted molar refractivity (Wildman–Crippen MR) is 104 cm³/mol. The third-order valence-electron chi connectivity index (χ3n) is 4.87. The van der Waals surface area contributed by atoms with E-state index in [4.69, 9.17) is 16.3 Å². The molecule has 0 spiro atoms. The summed E-state index contributed by atoms with van der Waals surface area (Å²) in [5.74, 6) is 1.06. The lowest BCUT2D eigenvalue weighted by Gasteiger charge is -2.29. The van der Waals surface area contributed by atoms with E-state index in [2.05, 4.69) is 22.8 Å². The van der Waals surface area contributed by atoms with Gasteiger partial charge in [0.25, 0.3) is 5.91 Å². The van der Waals surface area contributed by atoms with E-state index >= 15 is 0 Å². The van der Waals surface area contributed by atoms with E-state index in [0.29, 0.717) is 12.5 Å². The fourth-order valence-electron chi connectivity index (χ4n) is 3.62. The number of rotatable bonds is 7. The number of nitrogens with one attached hydrogen (secondary N) is 2. The van der Waals surface area contributed by atoms with Crippen LogP contribution in [0.15, 0.2) is 12.1 Å². The second-order valence-corrected chi connectivity index (χ2v) is 7.51. The summed E-state index contributed by atoms with van der Waals surface area (Å²) in [4.78, 5) is 23.4. The molecule has 0 atom stereocenters. The van der Waals surface area contributed by atoms with E-state index in [-0.39, 0.29) is 30.3 Å². The second kappa shape index (κ2) is 9.81. The van der Waals surface area contributed by atoms with Crippen LogP contribution in [0.5, 0.6) is 5.75 Å². The van der Waals surface area contributed by atoms with Crippen molar-refractivity contribution in [1.82, 2.24) is 10.6 Å². The monoisotopic (exact) mass is 380 g/mol. The van der Waals surface area contributed by atoms with E-state index < -0.39 is 0 Å². The molecule has 0 unspecified atom stereocenters. The maximum absolute atomic E-state index is 12.2. The van der Waals surface area contributed by atoms with Crippen LogP contribution in [-0.4, -0.2) is 36.9 Å². The van der Waals surface area contributed by atoms with Crippen molar-refractivity contribution in [3.05, 3.63) is 28.8 Å². The molecule has 0 aromatic heterocycles. The molecule has 0 heterocycles. The highest BCUT2D eigenvalue weighted by atomic mass is 35.5. The molecule has 1 saturated carbocycles. The first-order valence-corrected chi connectivity index (χ1v) is 9.75. The highest BCUT2D eigenvalue weighted by molar-refractivity contribution is 6.27. The summed E-state index contributed by atoms with van der Waals surface area (Å²) in [6, 6.07) is 4.31. The molecule has 1 aliphatic rings. The van der Waals surface area contributed by atoms with Crippen molar-refractivity contribution < 1.29 is 14.3 Å². The highest BCUT2D eigenvalue weighted by Crippen LogP contribution is 2.25. The Kier molecular flexibility index (Phi) is 7.76. The smallest absolute Gasteiger partial charge is 0.258 e. The van der Waals surface area contributed by atoms with E-state index in [1.165, 1.54) is 5.56 Å². The molecule has 1 aliphatic carbocycles. The molecule has 0 saturated heterocycles. The molecule has 0 bridgehead atoms. The molecule has 0 aliphatic heterocycles. The first-order valence-electron chi connectivity index (χ1n) is 9.21. The van der Waals surface area contributed by atoms with Crippen LogP contribution in [0.3, 0.4) is 0 Å². The standard InChI is InChI=1S/C20H29ClN2O3/c1-13-8-14(2)20(15(3)9-13)26-12-19(25)23-17-6-4-16(5-7-17)11-22-18(24)10-21/h8-9,16-17H,4-7,10-12H2,1-3H3,(H,22,24)(H,23,25). The average molecular weight is 381 g/mol. The Balaban J connectivity index is 1.72. The van der Waals surface area contributed by atoms with Crippen LogP contribution in [0.4, 0.5) is 0 Å². The number of ether oxygens (including phenoxy) is 1. The van der Waals surface area contributed by atoms with E-state index in [9.17, 15) is 9.59 Å². The van der Waals surface area contributed by atoms with Crippen LogP contribution in [0, 0.1) is 26.7 Å². The van der Waals surface area contributed by atoms with Gasteiger partial charge in [-0.2, -0.15) is 0 Å². The highest BCUT2D eigenvalue weighted by Gasteiger charge is 2.23. The molecule has 1 aromatic rings. The number of benzene rings is 1. The van der Waals surface area contributed by atoms with Gasteiger partial charge in [0.05, 0.1) is 0 Å². The minimum Gasteiger partial charge on any atom is -0.483 e. The quantitative estimate of drug-likeness (QED) is 0.714. The molecular formula is C20H29ClN2O3. The number of amides is 2. The maximum Gasteiger partial charge on any atom is 0.258 e. The first-order chi connectivity index (χ1) is 12.4.